The number of nitrogens with zero attached hydrogens (tertiary/aromatic N) is 1. The van der Waals surface area contributed by atoms with E-state index >= 15 is 0 Å². The quantitative estimate of drug-likeness (QED) is 0.320. The van der Waals surface area contributed by atoms with E-state index in [4.69, 9.17) is 28.4 Å². The Labute approximate surface area is 192 Å². The summed E-state index contributed by atoms with van der Waals surface area (Å²) < 4.78 is 0. The van der Waals surface area contributed by atoms with Gasteiger partial charge in [-0.25, -0.2) is 10.3 Å². The van der Waals surface area contributed by atoms with Crippen molar-refractivity contribution in [3.63, 3.8) is 0 Å². The molecule has 0 saturated heterocycles. The van der Waals surface area contributed by atoms with Crippen molar-refractivity contribution in [3.8, 4) is 0 Å². The zero-order valence-electron chi connectivity index (χ0n) is 17.8. The van der Waals surface area contributed by atoms with Gasteiger partial charge in [0.15, 0.2) is 0 Å². The number of halogens is 2. The lowest BCUT2D eigenvalue weighted by Crippen LogP contribution is -2.45. The third-order valence-corrected chi connectivity index (χ3v) is 5.86. The van der Waals surface area contributed by atoms with Crippen LogP contribution in [0.4, 0.5) is 10.5 Å². The molecule has 1 aliphatic rings. The maximum atomic E-state index is 12.9. The van der Waals surface area contributed by atoms with Crippen molar-refractivity contribution in [2.45, 2.75) is 46.0 Å². The first-order chi connectivity index (χ1) is 14.6. The molecule has 1 saturated carbocycles. The highest BCUT2D eigenvalue weighted by atomic mass is 35.5. The van der Waals surface area contributed by atoms with Crippen LogP contribution in [0.3, 0.4) is 0 Å². The van der Waals surface area contributed by atoms with Crippen molar-refractivity contribution < 1.29 is 19.6 Å². The molecule has 0 aromatic heterocycles. The second kappa shape index (κ2) is 11.5. The molecule has 0 heterocycles. The molecule has 4 N–H and O–H groups in total. The third kappa shape index (κ3) is 8.55. The average molecular weight is 473 g/mol. The third-order valence-electron chi connectivity index (χ3n) is 5.30. The summed E-state index contributed by atoms with van der Waals surface area (Å²) in [4.78, 5) is 38.3. The summed E-state index contributed by atoms with van der Waals surface area (Å²) in [7, 11) is 0. The van der Waals surface area contributed by atoms with E-state index in [-0.39, 0.29) is 25.4 Å². The molecule has 1 fully saturated rings. The topological polar surface area (TPSA) is 111 Å². The molecule has 8 nitrogen and oxygen atoms in total. The van der Waals surface area contributed by atoms with Crippen molar-refractivity contribution in [3.05, 3.63) is 28.2 Å². The van der Waals surface area contributed by atoms with Crippen LogP contribution in [0.15, 0.2) is 18.2 Å². The molecule has 31 heavy (non-hydrogen) atoms. The van der Waals surface area contributed by atoms with Crippen LogP contribution < -0.4 is 16.1 Å². The van der Waals surface area contributed by atoms with E-state index in [1.807, 2.05) is 13.8 Å². The lowest BCUT2D eigenvalue weighted by Gasteiger charge is -2.30. The molecular formula is C21H30Cl2N4O4. The Morgan fingerprint density at radius 2 is 1.87 bits per heavy atom. The maximum Gasteiger partial charge on any atom is 0.319 e. The molecule has 1 aliphatic carbocycles. The minimum absolute atomic E-state index is 0.136. The maximum absolute atomic E-state index is 12.9. The Morgan fingerprint density at radius 1 is 1.19 bits per heavy atom. The zero-order chi connectivity index (χ0) is 23.0. The molecule has 1 aromatic carbocycles. The van der Waals surface area contributed by atoms with Crippen LogP contribution in [0.1, 0.15) is 46.0 Å². The lowest BCUT2D eigenvalue weighted by molar-refractivity contribution is -0.141. The number of amides is 4. The van der Waals surface area contributed by atoms with Crippen LogP contribution in [0, 0.1) is 11.3 Å². The standard InChI is InChI=1S/C21H30Cl2N4O4/c1-21(2,13-24-20(30)25-17-9-15(22)7-8-16(17)23)10-19(29)27(12-18(28)26-31)11-14-5-3-4-6-14/h7-9,14,31H,3-6,10-13H2,1-2H3,(H,26,28)(H2,24,25,30). The van der Waals surface area contributed by atoms with Crippen molar-refractivity contribution in [1.29, 1.82) is 0 Å². The van der Waals surface area contributed by atoms with Gasteiger partial charge >= 0.3 is 6.03 Å². The van der Waals surface area contributed by atoms with Crippen molar-refractivity contribution >= 4 is 46.7 Å². The predicted octanol–water partition coefficient (Wildman–Crippen LogP) is 4.06. The molecule has 0 aliphatic heterocycles. The number of hydroxylamine groups is 1. The number of benzene rings is 1. The van der Waals surface area contributed by atoms with E-state index in [9.17, 15) is 14.4 Å². The summed E-state index contributed by atoms with van der Waals surface area (Å²) in [6.07, 6.45) is 4.44. The highest BCUT2D eigenvalue weighted by Gasteiger charge is 2.29. The number of hydrogen-bond donors (Lipinski definition) is 4. The summed E-state index contributed by atoms with van der Waals surface area (Å²) >= 11 is 12.0. The van der Waals surface area contributed by atoms with E-state index in [0.29, 0.717) is 28.2 Å². The first kappa shape index (κ1) is 25.2. The van der Waals surface area contributed by atoms with E-state index in [0.717, 1.165) is 25.7 Å². The molecule has 0 radical (unpaired) electrons. The Bertz CT molecular complexity index is 798. The van der Waals surface area contributed by atoms with Gasteiger partial charge in [-0.05, 0) is 42.4 Å². The van der Waals surface area contributed by atoms with Gasteiger partial charge in [-0.2, -0.15) is 0 Å². The molecule has 10 heteroatoms. The normalized spacial score (nSPS) is 14.2. The highest BCUT2D eigenvalue weighted by molar-refractivity contribution is 6.35. The van der Waals surface area contributed by atoms with E-state index < -0.39 is 17.4 Å². The number of anilines is 1. The second-order valence-electron chi connectivity index (χ2n) is 8.73. The number of hydrogen-bond acceptors (Lipinski definition) is 4. The smallest absolute Gasteiger partial charge is 0.319 e. The monoisotopic (exact) mass is 472 g/mol. The molecule has 0 spiro atoms. The van der Waals surface area contributed by atoms with Crippen LogP contribution in [-0.2, 0) is 9.59 Å². The molecule has 172 valence electrons. The fourth-order valence-electron chi connectivity index (χ4n) is 3.63. The van der Waals surface area contributed by atoms with Crippen molar-refractivity contribution in [1.82, 2.24) is 15.7 Å². The van der Waals surface area contributed by atoms with Gasteiger partial charge < -0.3 is 15.5 Å². The van der Waals surface area contributed by atoms with Gasteiger partial charge in [-0.3, -0.25) is 14.8 Å². The van der Waals surface area contributed by atoms with Gasteiger partial charge in [0, 0.05) is 24.5 Å². The molecule has 1 aromatic rings. The highest BCUT2D eigenvalue weighted by Crippen LogP contribution is 2.28. The summed E-state index contributed by atoms with van der Waals surface area (Å²) in [5, 5.41) is 15.0. The Hall–Kier alpha value is -2.03. The van der Waals surface area contributed by atoms with Crippen LogP contribution in [0.25, 0.3) is 0 Å². The average Bonchev–Trinajstić information content (AvgIpc) is 3.21. The molecule has 0 atom stereocenters. The van der Waals surface area contributed by atoms with Crippen molar-refractivity contribution in [2.24, 2.45) is 11.3 Å². The van der Waals surface area contributed by atoms with Crippen LogP contribution in [-0.4, -0.2) is 47.6 Å². The fourth-order valence-corrected chi connectivity index (χ4v) is 3.97. The summed E-state index contributed by atoms with van der Waals surface area (Å²) in [5.41, 5.74) is 1.42. The molecular weight excluding hydrogens is 443 g/mol. The zero-order valence-corrected chi connectivity index (χ0v) is 19.4. The largest absolute Gasteiger partial charge is 0.337 e. The number of carbonyl (C=O) groups excluding carboxylic acids is 3. The fraction of sp³-hybridized carbons (Fsp3) is 0.571. The first-order valence-electron chi connectivity index (χ1n) is 10.3. The van der Waals surface area contributed by atoms with Gasteiger partial charge in [0.25, 0.3) is 5.91 Å². The second-order valence-corrected chi connectivity index (χ2v) is 9.58. The number of carbonyl (C=O) groups is 3. The molecule has 4 amide bonds. The van der Waals surface area contributed by atoms with Crippen molar-refractivity contribution in [2.75, 3.05) is 25.0 Å². The molecule has 2 rings (SSSR count). The minimum Gasteiger partial charge on any atom is -0.337 e. The molecule has 0 bridgehead atoms. The van der Waals surface area contributed by atoms with Gasteiger partial charge in [-0.1, -0.05) is 49.9 Å². The van der Waals surface area contributed by atoms with Crippen LogP contribution in [0.2, 0.25) is 10.0 Å². The first-order valence-corrected chi connectivity index (χ1v) is 11.1. The van der Waals surface area contributed by atoms with E-state index in [1.54, 1.807) is 23.7 Å². The minimum atomic E-state index is -0.625. The van der Waals surface area contributed by atoms with Crippen LogP contribution >= 0.6 is 23.2 Å². The summed E-state index contributed by atoms with van der Waals surface area (Å²) in [6.45, 7) is 4.24. The SMILES string of the molecule is CC(C)(CNC(=O)Nc1cc(Cl)ccc1Cl)CC(=O)N(CC(=O)NO)CC1CCCC1. The van der Waals surface area contributed by atoms with E-state index in [1.165, 1.54) is 4.90 Å². The predicted molar refractivity (Wildman–Crippen MR) is 120 cm³/mol. The number of rotatable bonds is 9. The Balaban J connectivity index is 1.91. The van der Waals surface area contributed by atoms with E-state index in [2.05, 4.69) is 10.6 Å². The number of nitrogens with one attached hydrogen (secondary N) is 3. The van der Waals surface area contributed by atoms with Gasteiger partial charge in [0.2, 0.25) is 5.91 Å². The van der Waals surface area contributed by atoms with Gasteiger partial charge in [0.1, 0.15) is 6.54 Å². The van der Waals surface area contributed by atoms with Gasteiger partial charge in [-0.15, -0.1) is 0 Å². The Morgan fingerprint density at radius 3 is 2.52 bits per heavy atom. The summed E-state index contributed by atoms with van der Waals surface area (Å²) in [5.74, 6) is -0.453. The lowest BCUT2D eigenvalue weighted by atomic mass is 9.88. The van der Waals surface area contributed by atoms with Crippen LogP contribution in [0.5, 0.6) is 0 Å². The number of urea groups is 1. The Kier molecular flexibility index (Phi) is 9.40. The summed E-state index contributed by atoms with van der Waals surface area (Å²) in [6, 6.07) is 4.29. The molecule has 0 unspecified atom stereocenters. The van der Waals surface area contributed by atoms with Gasteiger partial charge in [0.05, 0.1) is 10.7 Å².